The fraction of sp³-hybridized carbons (Fsp3) is 0.370. The predicted octanol–water partition coefficient (Wildman–Crippen LogP) is 6.53. The van der Waals surface area contributed by atoms with Crippen LogP contribution in [0, 0.1) is 27.7 Å². The number of aromatic nitrogens is 1. The van der Waals surface area contributed by atoms with Crippen molar-refractivity contribution in [2.24, 2.45) is 0 Å². The Hall–Kier alpha value is -2.81. The van der Waals surface area contributed by atoms with Gasteiger partial charge in [-0.2, -0.15) is 0 Å². The zero-order valence-corrected chi connectivity index (χ0v) is 18.8. The highest BCUT2D eigenvalue weighted by molar-refractivity contribution is 5.98. The van der Waals surface area contributed by atoms with Crippen molar-refractivity contribution in [3.8, 4) is 11.1 Å². The van der Waals surface area contributed by atoms with Crippen molar-refractivity contribution in [1.29, 1.82) is 0 Å². The number of benzene rings is 2. The van der Waals surface area contributed by atoms with Gasteiger partial charge in [-0.3, -0.25) is 4.79 Å². The number of rotatable bonds is 4. The number of aromatic amines is 1. The van der Waals surface area contributed by atoms with E-state index in [2.05, 4.69) is 68.3 Å². The summed E-state index contributed by atoms with van der Waals surface area (Å²) in [6.45, 7) is 10.7. The molecule has 1 heterocycles. The molecule has 1 fully saturated rings. The third-order valence-corrected chi connectivity index (χ3v) is 6.93. The van der Waals surface area contributed by atoms with Gasteiger partial charge in [0.15, 0.2) is 0 Å². The Labute approximate surface area is 179 Å². The first kappa shape index (κ1) is 20.5. The van der Waals surface area contributed by atoms with Gasteiger partial charge in [0, 0.05) is 23.3 Å². The lowest BCUT2D eigenvalue weighted by molar-refractivity contribution is -0.118. The van der Waals surface area contributed by atoms with Gasteiger partial charge in [0.05, 0.1) is 0 Å². The number of amides is 1. The number of carbonyl (C=O) groups is 1. The highest BCUT2D eigenvalue weighted by Crippen LogP contribution is 2.36. The zero-order chi connectivity index (χ0) is 21.4. The van der Waals surface area contributed by atoms with E-state index < -0.39 is 0 Å². The Morgan fingerprint density at radius 2 is 1.67 bits per heavy atom. The number of H-pyrrole nitrogens is 1. The molecule has 3 nitrogen and oxygen atoms in total. The number of carbonyl (C=O) groups excluding carboxylic acids is 1. The van der Waals surface area contributed by atoms with Crippen LogP contribution in [0.1, 0.15) is 60.4 Å². The van der Waals surface area contributed by atoms with Gasteiger partial charge in [0.2, 0.25) is 5.91 Å². The molecule has 0 spiro atoms. The second-order valence-electron chi connectivity index (χ2n) is 8.85. The summed E-state index contributed by atoms with van der Waals surface area (Å²) >= 11 is 0. The second kappa shape index (κ2) is 8.14. The molecule has 156 valence electrons. The molecule has 0 atom stereocenters. The molecule has 2 aromatic carbocycles. The minimum atomic E-state index is 0.0676. The normalized spacial score (nSPS) is 15.2. The Kier molecular flexibility index (Phi) is 5.55. The molecular weight excluding hydrogens is 368 g/mol. The van der Waals surface area contributed by atoms with E-state index in [0.29, 0.717) is 6.04 Å². The molecule has 3 heteroatoms. The maximum atomic E-state index is 12.7. The lowest BCUT2D eigenvalue weighted by atomic mass is 9.85. The third kappa shape index (κ3) is 3.69. The van der Waals surface area contributed by atoms with Crippen LogP contribution in [0.25, 0.3) is 28.1 Å². The van der Waals surface area contributed by atoms with Crippen molar-refractivity contribution >= 4 is 22.9 Å². The van der Waals surface area contributed by atoms with Crippen LogP contribution in [0.15, 0.2) is 36.0 Å². The fourth-order valence-corrected chi connectivity index (χ4v) is 4.85. The maximum absolute atomic E-state index is 12.7. The molecule has 1 amide bonds. The van der Waals surface area contributed by atoms with Crippen LogP contribution >= 0.6 is 0 Å². The summed E-state index contributed by atoms with van der Waals surface area (Å²) in [6, 6.07) is 9.07. The van der Waals surface area contributed by atoms with E-state index >= 15 is 0 Å². The van der Waals surface area contributed by atoms with E-state index in [9.17, 15) is 4.79 Å². The van der Waals surface area contributed by atoms with Crippen molar-refractivity contribution < 1.29 is 4.79 Å². The largest absolute Gasteiger partial charge is 0.361 e. The minimum Gasteiger partial charge on any atom is -0.361 e. The minimum absolute atomic E-state index is 0.0676. The summed E-state index contributed by atoms with van der Waals surface area (Å²) in [4.78, 5) is 16.0. The van der Waals surface area contributed by atoms with Crippen molar-refractivity contribution in [2.75, 3.05) is 0 Å². The van der Waals surface area contributed by atoms with Crippen LogP contribution in [0.3, 0.4) is 0 Å². The molecule has 0 bridgehead atoms. The van der Waals surface area contributed by atoms with E-state index in [-0.39, 0.29) is 5.91 Å². The van der Waals surface area contributed by atoms with Crippen LogP contribution < -0.4 is 5.32 Å². The summed E-state index contributed by atoms with van der Waals surface area (Å²) < 4.78 is 0. The second-order valence-corrected chi connectivity index (χ2v) is 8.85. The smallest absolute Gasteiger partial charge is 0.247 e. The van der Waals surface area contributed by atoms with Crippen LogP contribution in [0.2, 0.25) is 0 Å². The van der Waals surface area contributed by atoms with Crippen LogP contribution in [0.4, 0.5) is 0 Å². The van der Waals surface area contributed by atoms with Gasteiger partial charge >= 0.3 is 0 Å². The molecule has 30 heavy (non-hydrogen) atoms. The summed E-state index contributed by atoms with van der Waals surface area (Å²) in [6.07, 6.45) is 8.72. The van der Waals surface area contributed by atoms with E-state index in [1.807, 2.05) is 13.1 Å². The first-order valence-corrected chi connectivity index (χ1v) is 11.0. The average molecular weight is 401 g/mol. The zero-order valence-electron chi connectivity index (χ0n) is 18.8. The highest BCUT2D eigenvalue weighted by atomic mass is 16.1. The SMILES string of the molecule is C/C(=C\c1c(C)c(C)c(-c2ccc3[nH]ccc3c2)c(C)c1C)C(=O)NC1CCCC1. The topological polar surface area (TPSA) is 44.9 Å². The Morgan fingerprint density at radius 3 is 2.33 bits per heavy atom. The standard InChI is InChI=1S/C27H32N2O/c1-16(27(30)29-23-8-6-7-9-23)14-24-17(2)19(4)26(20(5)18(24)3)22-10-11-25-21(15-22)12-13-28-25/h10-15,23,28H,6-9H2,1-5H3,(H,29,30)/b16-14+. The van der Waals surface area contributed by atoms with Gasteiger partial charge < -0.3 is 10.3 Å². The van der Waals surface area contributed by atoms with Gasteiger partial charge in [0.25, 0.3) is 0 Å². The summed E-state index contributed by atoms with van der Waals surface area (Å²) in [7, 11) is 0. The van der Waals surface area contributed by atoms with Gasteiger partial charge in [-0.15, -0.1) is 0 Å². The molecular formula is C27H32N2O. The molecule has 0 unspecified atom stereocenters. The van der Waals surface area contributed by atoms with Crippen LogP contribution in [-0.2, 0) is 4.79 Å². The molecule has 1 saturated carbocycles. The summed E-state index contributed by atoms with van der Waals surface area (Å²) in [5, 5.41) is 4.44. The van der Waals surface area contributed by atoms with Crippen molar-refractivity contribution in [3.05, 3.63) is 63.9 Å². The Bertz CT molecular complexity index is 1110. The summed E-state index contributed by atoms with van der Waals surface area (Å²) in [5.41, 5.74) is 10.7. The predicted molar refractivity (Wildman–Crippen MR) is 127 cm³/mol. The average Bonchev–Trinajstić information content (AvgIpc) is 3.41. The van der Waals surface area contributed by atoms with E-state index in [0.717, 1.165) is 23.9 Å². The summed E-state index contributed by atoms with van der Waals surface area (Å²) in [5.74, 6) is 0.0676. The molecule has 0 radical (unpaired) electrons. The van der Waals surface area contributed by atoms with Gasteiger partial charge in [0.1, 0.15) is 0 Å². The van der Waals surface area contributed by atoms with Crippen LogP contribution in [0.5, 0.6) is 0 Å². The van der Waals surface area contributed by atoms with Gasteiger partial charge in [-0.1, -0.05) is 18.9 Å². The van der Waals surface area contributed by atoms with Crippen molar-refractivity contribution in [3.63, 3.8) is 0 Å². The number of nitrogens with one attached hydrogen (secondary N) is 2. The van der Waals surface area contributed by atoms with Crippen molar-refractivity contribution in [2.45, 2.75) is 66.3 Å². The Balaban J connectivity index is 1.72. The lowest BCUT2D eigenvalue weighted by Crippen LogP contribution is -2.33. The third-order valence-electron chi connectivity index (χ3n) is 6.93. The van der Waals surface area contributed by atoms with Crippen molar-refractivity contribution in [1.82, 2.24) is 10.3 Å². The van der Waals surface area contributed by atoms with Gasteiger partial charge in [-0.05, 0) is 116 Å². The highest BCUT2D eigenvalue weighted by Gasteiger charge is 2.19. The van der Waals surface area contributed by atoms with Crippen LogP contribution in [-0.4, -0.2) is 16.9 Å². The molecule has 4 rings (SSSR count). The molecule has 2 N–H and O–H groups in total. The fourth-order valence-electron chi connectivity index (χ4n) is 4.85. The number of hydrogen-bond acceptors (Lipinski definition) is 1. The molecule has 1 aliphatic rings. The van der Waals surface area contributed by atoms with E-state index in [1.54, 1.807) is 0 Å². The number of fused-ring (bicyclic) bond motifs is 1. The first-order chi connectivity index (χ1) is 14.4. The monoisotopic (exact) mass is 400 g/mol. The lowest BCUT2D eigenvalue weighted by Gasteiger charge is -2.20. The molecule has 1 aliphatic carbocycles. The van der Waals surface area contributed by atoms with E-state index in [4.69, 9.17) is 0 Å². The molecule has 1 aromatic heterocycles. The Morgan fingerprint density at radius 1 is 1.00 bits per heavy atom. The first-order valence-electron chi connectivity index (χ1n) is 11.0. The van der Waals surface area contributed by atoms with E-state index in [1.165, 1.54) is 57.2 Å². The molecule has 0 aliphatic heterocycles. The molecule has 0 saturated heterocycles. The molecule has 3 aromatic rings. The van der Waals surface area contributed by atoms with Gasteiger partial charge in [-0.25, -0.2) is 0 Å². The maximum Gasteiger partial charge on any atom is 0.247 e. The number of hydrogen-bond donors (Lipinski definition) is 2. The quantitative estimate of drug-likeness (QED) is 0.480.